The molecule has 0 saturated carbocycles. The van der Waals surface area contributed by atoms with Crippen molar-refractivity contribution in [1.82, 2.24) is 0 Å². The van der Waals surface area contributed by atoms with E-state index in [2.05, 4.69) is 0 Å². The Labute approximate surface area is 135 Å². The van der Waals surface area contributed by atoms with Gasteiger partial charge in [-0.1, -0.05) is 0 Å². The summed E-state index contributed by atoms with van der Waals surface area (Å²) < 4.78 is 10.0. The predicted octanol–water partition coefficient (Wildman–Crippen LogP) is 1.42. The topological polar surface area (TPSA) is 18.5 Å². The fourth-order valence-corrected chi connectivity index (χ4v) is 1.75. The summed E-state index contributed by atoms with van der Waals surface area (Å²) in [6.07, 6.45) is 1.68. The first-order chi connectivity index (χ1) is 7.61. The summed E-state index contributed by atoms with van der Waals surface area (Å²) >= 11 is 19.5. The van der Waals surface area contributed by atoms with Gasteiger partial charge in [0.15, 0.2) is 0 Å². The maximum absolute atomic E-state index is 5.02. The monoisotopic (exact) mass is 350 g/mol. The molecule has 0 amide bonds. The van der Waals surface area contributed by atoms with E-state index in [1.54, 1.807) is 0 Å². The fraction of sp³-hybridized carbons (Fsp3) is 0.600. The second-order valence-electron chi connectivity index (χ2n) is 3.30. The van der Waals surface area contributed by atoms with Gasteiger partial charge in [-0.25, -0.2) is 9.81 Å². The van der Waals surface area contributed by atoms with E-state index in [-0.39, 0.29) is 16.5 Å². The Bertz CT molecular complexity index is 247. The Balaban J connectivity index is 0.000000284. The summed E-state index contributed by atoms with van der Waals surface area (Å²) in [7, 11) is 0. The van der Waals surface area contributed by atoms with Gasteiger partial charge in [-0.2, -0.15) is 9.81 Å². The van der Waals surface area contributed by atoms with Crippen LogP contribution in [-0.4, -0.2) is 26.4 Å². The summed E-state index contributed by atoms with van der Waals surface area (Å²) in [4.78, 5) is 3.44. The van der Waals surface area contributed by atoms with E-state index < -0.39 is 0 Å². The molecule has 17 heavy (non-hydrogen) atoms. The second kappa shape index (κ2) is 9.67. The standard InChI is InChI=1S/2C5H8OS2.Ni/c2*7-4-1-2-6-3-5(4)8;/h2*7-8H,1-3H2;/p-4. The third-order valence-corrected chi connectivity index (χ3v) is 3.92. The summed E-state index contributed by atoms with van der Waals surface area (Å²) in [5.74, 6) is 0. The van der Waals surface area contributed by atoms with Gasteiger partial charge in [-0.05, 0) is 12.8 Å². The number of ether oxygens (including phenoxy) is 2. The summed E-state index contributed by atoms with van der Waals surface area (Å²) in [5, 5.41) is 0. The van der Waals surface area contributed by atoms with E-state index >= 15 is 0 Å². The Kier molecular flexibility index (Phi) is 10.1. The van der Waals surface area contributed by atoms with Crippen LogP contribution in [0.2, 0.25) is 0 Å². The van der Waals surface area contributed by atoms with Crippen molar-refractivity contribution >= 4 is 50.5 Å². The van der Waals surface area contributed by atoms with Crippen molar-refractivity contribution in [3.05, 3.63) is 19.6 Å². The minimum Gasteiger partial charge on any atom is -0.785 e. The minimum atomic E-state index is 0. The zero-order valence-electron chi connectivity index (χ0n) is 9.01. The first-order valence-electron chi connectivity index (χ1n) is 4.89. The van der Waals surface area contributed by atoms with Gasteiger partial charge in [-0.3, -0.25) is 0 Å². The Morgan fingerprint density at radius 1 is 0.647 bits per heavy atom. The molecule has 0 bridgehead atoms. The van der Waals surface area contributed by atoms with Gasteiger partial charge in [0.2, 0.25) is 0 Å². The van der Waals surface area contributed by atoms with Crippen molar-refractivity contribution in [3.8, 4) is 0 Å². The molecule has 2 heterocycles. The average Bonchev–Trinajstić information content (AvgIpc) is 2.28. The molecule has 2 aliphatic heterocycles. The number of hydrogen-bond acceptors (Lipinski definition) is 6. The summed E-state index contributed by atoms with van der Waals surface area (Å²) in [6, 6.07) is 0. The van der Waals surface area contributed by atoms with E-state index in [1.807, 2.05) is 0 Å². The van der Waals surface area contributed by atoms with Crippen LogP contribution >= 0.6 is 0 Å². The van der Waals surface area contributed by atoms with Crippen LogP contribution in [0.25, 0.3) is 0 Å². The van der Waals surface area contributed by atoms with Crippen LogP contribution in [0, 0.1) is 0 Å². The molecule has 2 rings (SSSR count). The molecule has 0 aliphatic carbocycles. The second-order valence-corrected chi connectivity index (χ2v) is 5.27. The molecule has 0 radical (unpaired) electrons. The molecule has 7 heteroatoms. The van der Waals surface area contributed by atoms with Crippen molar-refractivity contribution in [2.24, 2.45) is 0 Å². The molecule has 0 aromatic carbocycles. The molecule has 0 atom stereocenters. The van der Waals surface area contributed by atoms with Crippen molar-refractivity contribution < 1.29 is 26.0 Å². The third kappa shape index (κ3) is 7.06. The Morgan fingerprint density at radius 2 is 1.00 bits per heavy atom. The zero-order chi connectivity index (χ0) is 12.0. The maximum atomic E-state index is 5.02. The summed E-state index contributed by atoms with van der Waals surface area (Å²) in [6.45, 7) is 2.63. The van der Waals surface area contributed by atoms with Gasteiger partial charge in [0.1, 0.15) is 0 Å². The first-order valence-corrected chi connectivity index (χ1v) is 6.52. The van der Waals surface area contributed by atoms with E-state index in [0.717, 1.165) is 45.7 Å². The molecule has 0 fully saturated rings. The van der Waals surface area contributed by atoms with Gasteiger partial charge in [0.05, 0.1) is 0 Å². The Morgan fingerprint density at radius 3 is 1.18 bits per heavy atom. The quantitative estimate of drug-likeness (QED) is 0.482. The van der Waals surface area contributed by atoms with E-state index in [9.17, 15) is 0 Å². The average molecular weight is 351 g/mol. The minimum absolute atomic E-state index is 0. The molecule has 0 unspecified atom stereocenters. The SMILES string of the molecule is [Ni].[S-]C1=C([S-])COCC1.[S-]C1=C([S-])COCC1. The normalized spacial score (nSPS) is 20.2. The molecule has 0 spiro atoms. The van der Waals surface area contributed by atoms with E-state index in [4.69, 9.17) is 60.0 Å². The predicted molar refractivity (Wildman–Crippen MR) is 74.4 cm³/mol. The van der Waals surface area contributed by atoms with Crippen molar-refractivity contribution in [2.75, 3.05) is 26.4 Å². The largest absolute Gasteiger partial charge is 0.785 e. The van der Waals surface area contributed by atoms with Crippen molar-refractivity contribution in [3.63, 3.8) is 0 Å². The smallest absolute Gasteiger partial charge is 0.0489 e. The molecule has 2 aliphatic rings. The number of rotatable bonds is 0. The van der Waals surface area contributed by atoms with Gasteiger partial charge in [-0.15, -0.1) is 0 Å². The van der Waals surface area contributed by atoms with Gasteiger partial charge in [0.25, 0.3) is 0 Å². The van der Waals surface area contributed by atoms with E-state index in [1.165, 1.54) is 0 Å². The Hall–Kier alpha value is 0.774. The zero-order valence-corrected chi connectivity index (χ0v) is 13.3. The molecule has 0 aromatic heterocycles. The molecule has 2 nitrogen and oxygen atoms in total. The number of hydrogen-bond donors (Lipinski definition) is 0. The fourth-order valence-electron chi connectivity index (χ4n) is 1.10. The molecule has 0 aromatic rings. The summed E-state index contributed by atoms with van der Waals surface area (Å²) in [5.41, 5.74) is 0. The molecule has 0 saturated heterocycles. The van der Waals surface area contributed by atoms with Crippen LogP contribution in [0.5, 0.6) is 0 Å². The molecular weight excluding hydrogens is 339 g/mol. The maximum Gasteiger partial charge on any atom is 0.0489 e. The van der Waals surface area contributed by atoms with Crippen LogP contribution < -0.4 is 0 Å². The molecule has 102 valence electrons. The van der Waals surface area contributed by atoms with Crippen molar-refractivity contribution in [1.29, 1.82) is 0 Å². The third-order valence-electron chi connectivity index (χ3n) is 2.04. The van der Waals surface area contributed by atoms with Gasteiger partial charge in [0, 0.05) is 42.9 Å². The van der Waals surface area contributed by atoms with Crippen LogP contribution in [-0.2, 0) is 76.5 Å². The first kappa shape index (κ1) is 17.8. The van der Waals surface area contributed by atoms with Crippen LogP contribution in [0.1, 0.15) is 12.8 Å². The van der Waals surface area contributed by atoms with E-state index in [0.29, 0.717) is 13.2 Å². The van der Waals surface area contributed by atoms with Crippen LogP contribution in [0.15, 0.2) is 19.6 Å². The molecular formula is C10H12NiO2S4-4. The van der Waals surface area contributed by atoms with Crippen LogP contribution in [0.3, 0.4) is 0 Å². The van der Waals surface area contributed by atoms with Gasteiger partial charge < -0.3 is 60.0 Å². The van der Waals surface area contributed by atoms with Crippen molar-refractivity contribution in [2.45, 2.75) is 12.8 Å². The molecule has 0 N–H and O–H groups in total. The van der Waals surface area contributed by atoms with Crippen LogP contribution in [0.4, 0.5) is 0 Å². The van der Waals surface area contributed by atoms with Gasteiger partial charge >= 0.3 is 0 Å².